The molecule has 0 spiro atoms. The zero-order chi connectivity index (χ0) is 18.9. The Hall–Kier alpha value is -1.44. The van der Waals surface area contributed by atoms with Gasteiger partial charge in [-0.25, -0.2) is 4.98 Å². The van der Waals surface area contributed by atoms with Crippen LogP contribution in [0.5, 0.6) is 0 Å². The summed E-state index contributed by atoms with van der Waals surface area (Å²) in [7, 11) is 0. The minimum absolute atomic E-state index is 0.542. The first-order chi connectivity index (χ1) is 12.5. The van der Waals surface area contributed by atoms with E-state index in [0.29, 0.717) is 18.0 Å². The zero-order valence-electron chi connectivity index (χ0n) is 17.1. The second-order valence-corrected chi connectivity index (χ2v) is 7.46. The van der Waals surface area contributed by atoms with E-state index in [2.05, 4.69) is 58.1 Å². The minimum atomic E-state index is 0.542. The highest BCUT2D eigenvalue weighted by Crippen LogP contribution is 2.13. The molecule has 0 aliphatic carbocycles. The smallest absolute Gasteiger partial charge is 0.224 e. The summed E-state index contributed by atoms with van der Waals surface area (Å²) in [5, 5.41) is 6.81. The number of morpholine rings is 1. The van der Waals surface area contributed by atoms with E-state index in [1.165, 1.54) is 0 Å². The van der Waals surface area contributed by atoms with Crippen LogP contribution < -0.4 is 10.6 Å². The Balaban J connectivity index is 1.80. The van der Waals surface area contributed by atoms with E-state index in [9.17, 15) is 0 Å². The monoisotopic (exact) mass is 364 g/mol. The van der Waals surface area contributed by atoms with Crippen LogP contribution in [0.1, 0.15) is 33.3 Å². The van der Waals surface area contributed by atoms with Crippen molar-refractivity contribution in [3.05, 3.63) is 11.8 Å². The summed E-state index contributed by atoms with van der Waals surface area (Å²) >= 11 is 0. The molecule has 26 heavy (non-hydrogen) atoms. The molecular formula is C19H36N6O. The van der Waals surface area contributed by atoms with Gasteiger partial charge in [-0.3, -0.25) is 9.80 Å². The number of hydrogen-bond acceptors (Lipinski definition) is 7. The van der Waals surface area contributed by atoms with E-state index in [4.69, 9.17) is 4.74 Å². The van der Waals surface area contributed by atoms with E-state index < -0.39 is 0 Å². The van der Waals surface area contributed by atoms with Gasteiger partial charge >= 0.3 is 0 Å². The van der Waals surface area contributed by atoms with Crippen LogP contribution in [0.3, 0.4) is 0 Å². The number of aromatic nitrogens is 2. The van der Waals surface area contributed by atoms with Gasteiger partial charge in [0.2, 0.25) is 5.95 Å². The van der Waals surface area contributed by atoms with Crippen LogP contribution >= 0.6 is 0 Å². The molecule has 7 nitrogen and oxygen atoms in total. The summed E-state index contributed by atoms with van der Waals surface area (Å²) in [6.45, 7) is 18.4. The Morgan fingerprint density at radius 1 is 1.12 bits per heavy atom. The molecule has 148 valence electrons. The largest absolute Gasteiger partial charge is 0.379 e. The number of hydrogen-bond donors (Lipinski definition) is 2. The lowest BCUT2D eigenvalue weighted by Crippen LogP contribution is -2.40. The van der Waals surface area contributed by atoms with Crippen molar-refractivity contribution in [2.45, 2.75) is 46.7 Å². The predicted octanol–water partition coefficient (Wildman–Crippen LogP) is 2.06. The fraction of sp³-hybridized carbons (Fsp3) is 0.789. The van der Waals surface area contributed by atoms with Crippen LogP contribution in [0.4, 0.5) is 11.8 Å². The summed E-state index contributed by atoms with van der Waals surface area (Å²) in [5.41, 5.74) is 1.07. The maximum Gasteiger partial charge on any atom is 0.224 e. The van der Waals surface area contributed by atoms with Crippen LogP contribution in [0, 0.1) is 6.92 Å². The summed E-state index contributed by atoms with van der Waals surface area (Å²) < 4.78 is 5.38. The molecule has 2 heterocycles. The third-order valence-corrected chi connectivity index (χ3v) is 4.78. The molecule has 1 fully saturated rings. The van der Waals surface area contributed by atoms with Crippen molar-refractivity contribution in [3.8, 4) is 0 Å². The molecule has 1 aliphatic heterocycles. The van der Waals surface area contributed by atoms with Gasteiger partial charge < -0.3 is 15.4 Å². The van der Waals surface area contributed by atoms with Gasteiger partial charge in [0.1, 0.15) is 5.82 Å². The third-order valence-electron chi connectivity index (χ3n) is 4.78. The molecule has 1 aromatic rings. The first-order valence-electron chi connectivity index (χ1n) is 9.84. The molecule has 1 saturated heterocycles. The number of nitrogens with one attached hydrogen (secondary N) is 2. The highest BCUT2D eigenvalue weighted by atomic mass is 16.5. The van der Waals surface area contributed by atoms with Gasteiger partial charge in [0.25, 0.3) is 0 Å². The fourth-order valence-corrected chi connectivity index (χ4v) is 3.27. The van der Waals surface area contributed by atoms with Crippen molar-refractivity contribution in [2.75, 3.05) is 63.1 Å². The topological polar surface area (TPSA) is 65.5 Å². The van der Waals surface area contributed by atoms with E-state index in [-0.39, 0.29) is 0 Å². The Kier molecular flexibility index (Phi) is 8.54. The molecule has 7 heteroatoms. The van der Waals surface area contributed by atoms with Gasteiger partial charge in [-0.15, -0.1) is 0 Å². The lowest BCUT2D eigenvalue weighted by Gasteiger charge is -2.30. The summed E-state index contributed by atoms with van der Waals surface area (Å²) in [4.78, 5) is 13.9. The standard InChI is InChI=1S/C19H36N6O/c1-15(2)25(16(3)4)9-7-20-18-17(5)14-22-19(23-18)21-6-8-24-10-12-26-13-11-24/h14-16H,6-13H2,1-5H3,(H2,20,21,22,23). The molecule has 0 aromatic carbocycles. The molecule has 1 aliphatic rings. The molecule has 0 amide bonds. The van der Waals surface area contributed by atoms with Crippen molar-refractivity contribution in [3.63, 3.8) is 0 Å². The van der Waals surface area contributed by atoms with Crippen LogP contribution in [-0.4, -0.2) is 84.3 Å². The van der Waals surface area contributed by atoms with Crippen molar-refractivity contribution in [1.29, 1.82) is 0 Å². The number of nitrogens with zero attached hydrogens (tertiary/aromatic N) is 4. The lowest BCUT2D eigenvalue weighted by atomic mass is 10.2. The van der Waals surface area contributed by atoms with Crippen LogP contribution in [-0.2, 0) is 4.74 Å². The molecule has 0 saturated carbocycles. The fourth-order valence-electron chi connectivity index (χ4n) is 3.27. The maximum atomic E-state index is 5.38. The molecule has 2 N–H and O–H groups in total. The predicted molar refractivity (Wildman–Crippen MR) is 108 cm³/mol. The average molecular weight is 365 g/mol. The summed E-state index contributed by atoms with van der Waals surface area (Å²) in [6.07, 6.45) is 1.88. The van der Waals surface area contributed by atoms with E-state index >= 15 is 0 Å². The van der Waals surface area contributed by atoms with Gasteiger partial charge in [0.05, 0.1) is 13.2 Å². The van der Waals surface area contributed by atoms with Crippen LogP contribution in [0.25, 0.3) is 0 Å². The van der Waals surface area contributed by atoms with Crippen LogP contribution in [0.15, 0.2) is 6.20 Å². The quantitative estimate of drug-likeness (QED) is 0.659. The van der Waals surface area contributed by atoms with Crippen molar-refractivity contribution >= 4 is 11.8 Å². The lowest BCUT2D eigenvalue weighted by molar-refractivity contribution is 0.0398. The Bertz CT molecular complexity index is 523. The van der Waals surface area contributed by atoms with Crippen LogP contribution in [0.2, 0.25) is 0 Å². The van der Waals surface area contributed by atoms with Gasteiger partial charge in [-0.2, -0.15) is 4.98 Å². The van der Waals surface area contributed by atoms with E-state index in [1.54, 1.807) is 0 Å². The van der Waals surface area contributed by atoms with Crippen molar-refractivity contribution < 1.29 is 4.74 Å². The normalized spacial score (nSPS) is 15.8. The van der Waals surface area contributed by atoms with Gasteiger partial charge in [-0.05, 0) is 34.6 Å². The molecule has 0 unspecified atom stereocenters. The molecule has 0 atom stereocenters. The highest BCUT2D eigenvalue weighted by molar-refractivity contribution is 5.46. The number of anilines is 2. The zero-order valence-corrected chi connectivity index (χ0v) is 17.1. The first kappa shape index (κ1) is 20.9. The minimum Gasteiger partial charge on any atom is -0.379 e. The van der Waals surface area contributed by atoms with E-state index in [0.717, 1.165) is 63.9 Å². The second kappa shape index (κ2) is 10.6. The number of aryl methyl sites for hydroxylation is 1. The van der Waals surface area contributed by atoms with Crippen molar-refractivity contribution in [1.82, 2.24) is 19.8 Å². The van der Waals surface area contributed by atoms with Gasteiger partial charge in [-0.1, -0.05) is 0 Å². The average Bonchev–Trinajstić information content (AvgIpc) is 2.61. The molecule has 2 rings (SSSR count). The molecule has 0 radical (unpaired) electrons. The third kappa shape index (κ3) is 6.70. The van der Waals surface area contributed by atoms with Crippen molar-refractivity contribution in [2.24, 2.45) is 0 Å². The summed E-state index contributed by atoms with van der Waals surface area (Å²) in [5.74, 6) is 1.61. The van der Waals surface area contributed by atoms with Gasteiger partial charge in [0, 0.05) is 63.1 Å². The Morgan fingerprint density at radius 2 is 1.81 bits per heavy atom. The maximum absolute atomic E-state index is 5.38. The number of ether oxygens (including phenoxy) is 1. The Labute approximate surface area is 158 Å². The van der Waals surface area contributed by atoms with E-state index in [1.807, 2.05) is 13.1 Å². The van der Waals surface area contributed by atoms with Gasteiger partial charge in [0.15, 0.2) is 0 Å². The second-order valence-electron chi connectivity index (χ2n) is 7.46. The molecule has 0 bridgehead atoms. The highest BCUT2D eigenvalue weighted by Gasteiger charge is 2.13. The molecular weight excluding hydrogens is 328 g/mol. The summed E-state index contributed by atoms with van der Waals surface area (Å²) in [6, 6.07) is 1.08. The Morgan fingerprint density at radius 3 is 2.46 bits per heavy atom. The SMILES string of the molecule is Cc1cnc(NCCN2CCOCC2)nc1NCCN(C(C)C)C(C)C. The molecule has 1 aromatic heterocycles. The number of rotatable bonds is 10. The first-order valence-corrected chi connectivity index (χ1v) is 9.84.